The van der Waals surface area contributed by atoms with Gasteiger partial charge in [-0.3, -0.25) is 4.79 Å². The smallest absolute Gasteiger partial charge is 0.341 e. The molecule has 0 radical (unpaired) electrons. The number of hydrogen-bond acceptors (Lipinski definition) is 3. The van der Waals surface area contributed by atoms with Crippen molar-refractivity contribution in [2.45, 2.75) is 55.0 Å². The second-order valence-corrected chi connectivity index (χ2v) is 9.80. The molecule has 0 heterocycles. The summed E-state index contributed by atoms with van der Waals surface area (Å²) in [6.07, 6.45) is -8.58. The SMILES string of the molecule is O=C(NC(c1ccccc1)C(F)(F)F)C1CCC(NS(=O)(=O)c2ccc(C(F)(F)F)cc2)CC1. The molecular formula is C22H22F6N2O3S. The van der Waals surface area contributed by atoms with Gasteiger partial charge in [0, 0.05) is 12.0 Å². The van der Waals surface area contributed by atoms with Gasteiger partial charge in [0.05, 0.1) is 10.5 Å². The number of sulfonamides is 1. The molecule has 3 rings (SSSR count). The Bertz CT molecular complexity index is 1080. The van der Waals surface area contributed by atoms with Crippen LogP contribution in [-0.2, 0) is 21.0 Å². The summed E-state index contributed by atoms with van der Waals surface area (Å²) >= 11 is 0. The first kappa shape index (κ1) is 26.0. The van der Waals surface area contributed by atoms with E-state index in [2.05, 4.69) is 10.0 Å². The average molecular weight is 508 g/mol. The summed E-state index contributed by atoms with van der Waals surface area (Å²) in [4.78, 5) is 12.2. The summed E-state index contributed by atoms with van der Waals surface area (Å²) in [5.74, 6) is -1.49. The highest BCUT2D eigenvalue weighted by molar-refractivity contribution is 7.89. The van der Waals surface area contributed by atoms with Crippen molar-refractivity contribution in [2.24, 2.45) is 5.92 Å². The zero-order chi connectivity index (χ0) is 25.1. The van der Waals surface area contributed by atoms with Crippen molar-refractivity contribution in [3.8, 4) is 0 Å². The normalized spacial score (nSPS) is 20.5. The molecule has 0 bridgehead atoms. The Kier molecular flexibility index (Phi) is 7.61. The number of carbonyl (C=O) groups excluding carboxylic acids is 1. The Morgan fingerprint density at radius 1 is 0.853 bits per heavy atom. The molecule has 1 amide bonds. The lowest BCUT2D eigenvalue weighted by atomic mass is 9.85. The Labute approximate surface area is 192 Å². The number of alkyl halides is 6. The molecule has 12 heteroatoms. The molecule has 34 heavy (non-hydrogen) atoms. The van der Waals surface area contributed by atoms with E-state index in [1.165, 1.54) is 24.3 Å². The molecular weight excluding hydrogens is 486 g/mol. The minimum Gasteiger partial charge on any atom is -0.341 e. The second kappa shape index (κ2) is 9.95. The quantitative estimate of drug-likeness (QED) is 0.542. The van der Waals surface area contributed by atoms with Crippen LogP contribution in [0.15, 0.2) is 59.5 Å². The Morgan fingerprint density at radius 3 is 1.91 bits per heavy atom. The Morgan fingerprint density at radius 2 is 1.41 bits per heavy atom. The summed E-state index contributed by atoms with van der Waals surface area (Å²) < 4.78 is 106. The van der Waals surface area contributed by atoms with Gasteiger partial charge in [0.1, 0.15) is 0 Å². The lowest BCUT2D eigenvalue weighted by Crippen LogP contribution is -2.44. The molecule has 0 aromatic heterocycles. The van der Waals surface area contributed by atoms with Gasteiger partial charge < -0.3 is 5.32 Å². The molecule has 1 saturated carbocycles. The minimum absolute atomic E-state index is 0.0960. The van der Waals surface area contributed by atoms with Crippen LogP contribution in [0.1, 0.15) is 42.9 Å². The second-order valence-electron chi connectivity index (χ2n) is 8.09. The number of rotatable bonds is 6. The van der Waals surface area contributed by atoms with E-state index in [0.717, 1.165) is 12.1 Å². The molecule has 1 aliphatic rings. The van der Waals surface area contributed by atoms with Crippen LogP contribution < -0.4 is 10.0 Å². The molecule has 186 valence electrons. The lowest BCUT2D eigenvalue weighted by molar-refractivity contribution is -0.165. The monoisotopic (exact) mass is 508 g/mol. The first-order valence-electron chi connectivity index (χ1n) is 10.4. The third-order valence-corrected chi connectivity index (χ3v) is 7.19. The average Bonchev–Trinajstić information content (AvgIpc) is 2.77. The van der Waals surface area contributed by atoms with Crippen molar-refractivity contribution in [3.63, 3.8) is 0 Å². The predicted octanol–water partition coefficient (Wildman–Crippen LogP) is 4.96. The van der Waals surface area contributed by atoms with Gasteiger partial charge in [0.15, 0.2) is 6.04 Å². The fourth-order valence-corrected chi connectivity index (χ4v) is 5.15. The maximum Gasteiger partial charge on any atom is 0.416 e. The highest BCUT2D eigenvalue weighted by Gasteiger charge is 2.43. The van der Waals surface area contributed by atoms with E-state index < -0.39 is 51.8 Å². The number of carbonyl (C=O) groups is 1. The van der Waals surface area contributed by atoms with Gasteiger partial charge in [-0.2, -0.15) is 26.3 Å². The van der Waals surface area contributed by atoms with Gasteiger partial charge in [-0.1, -0.05) is 30.3 Å². The first-order valence-corrected chi connectivity index (χ1v) is 11.9. The van der Waals surface area contributed by atoms with E-state index >= 15 is 0 Å². The number of amides is 1. The van der Waals surface area contributed by atoms with Crippen molar-refractivity contribution in [1.82, 2.24) is 10.0 Å². The Balaban J connectivity index is 1.58. The van der Waals surface area contributed by atoms with Gasteiger partial charge in [0.25, 0.3) is 0 Å². The first-order chi connectivity index (χ1) is 15.8. The fraction of sp³-hybridized carbons (Fsp3) is 0.409. The fourth-order valence-electron chi connectivity index (χ4n) is 3.84. The van der Waals surface area contributed by atoms with E-state index in [9.17, 15) is 39.6 Å². The molecule has 1 aliphatic carbocycles. The van der Waals surface area contributed by atoms with Crippen LogP contribution in [0.3, 0.4) is 0 Å². The molecule has 2 N–H and O–H groups in total. The molecule has 2 aromatic rings. The van der Waals surface area contributed by atoms with Crippen LogP contribution in [0.25, 0.3) is 0 Å². The molecule has 1 unspecified atom stereocenters. The molecule has 0 aliphatic heterocycles. The number of nitrogens with one attached hydrogen (secondary N) is 2. The third-order valence-electron chi connectivity index (χ3n) is 5.66. The van der Waals surface area contributed by atoms with Crippen LogP contribution in [0.2, 0.25) is 0 Å². The van der Waals surface area contributed by atoms with Crippen molar-refractivity contribution in [1.29, 1.82) is 0 Å². The van der Waals surface area contributed by atoms with E-state index in [-0.39, 0.29) is 36.1 Å². The lowest BCUT2D eigenvalue weighted by Gasteiger charge is -2.30. The number of hydrogen-bond donors (Lipinski definition) is 2. The standard InChI is InChI=1S/C22H22F6N2O3S/c23-21(24,25)16-8-12-18(13-9-16)34(32,33)30-17-10-6-15(7-11-17)20(31)29-19(22(26,27)28)14-4-2-1-3-5-14/h1-5,8-9,12-13,15,17,19,30H,6-7,10-11H2,(H,29,31). The van der Waals surface area contributed by atoms with Crippen molar-refractivity contribution in [2.75, 3.05) is 0 Å². The van der Waals surface area contributed by atoms with Crippen molar-refractivity contribution < 1.29 is 39.6 Å². The minimum atomic E-state index is -4.69. The largest absolute Gasteiger partial charge is 0.416 e. The number of benzene rings is 2. The van der Waals surface area contributed by atoms with Crippen LogP contribution in [-0.4, -0.2) is 26.5 Å². The topological polar surface area (TPSA) is 75.3 Å². The van der Waals surface area contributed by atoms with Gasteiger partial charge in [-0.05, 0) is 55.5 Å². The summed E-state index contributed by atoms with van der Waals surface area (Å²) in [5.41, 5.74) is -1.08. The molecule has 1 fully saturated rings. The summed E-state index contributed by atoms with van der Waals surface area (Å²) in [5, 5.41) is 2.05. The van der Waals surface area contributed by atoms with Gasteiger partial charge in [-0.15, -0.1) is 0 Å². The van der Waals surface area contributed by atoms with Crippen LogP contribution in [0, 0.1) is 5.92 Å². The van der Waals surface area contributed by atoms with Crippen molar-refractivity contribution in [3.05, 3.63) is 65.7 Å². The summed E-state index contributed by atoms with van der Waals surface area (Å²) in [7, 11) is -4.10. The predicted molar refractivity (Wildman–Crippen MR) is 111 cm³/mol. The maximum atomic E-state index is 13.5. The highest BCUT2D eigenvalue weighted by Crippen LogP contribution is 2.34. The van der Waals surface area contributed by atoms with E-state index in [0.29, 0.717) is 12.1 Å². The van der Waals surface area contributed by atoms with Crippen LogP contribution in [0.4, 0.5) is 26.3 Å². The highest BCUT2D eigenvalue weighted by atomic mass is 32.2. The Hall–Kier alpha value is -2.60. The third kappa shape index (κ3) is 6.50. The van der Waals surface area contributed by atoms with Crippen molar-refractivity contribution >= 4 is 15.9 Å². The van der Waals surface area contributed by atoms with E-state index in [4.69, 9.17) is 0 Å². The van der Waals surface area contributed by atoms with Gasteiger partial charge in [0.2, 0.25) is 15.9 Å². The van der Waals surface area contributed by atoms with Crippen LogP contribution in [0.5, 0.6) is 0 Å². The maximum absolute atomic E-state index is 13.5. The molecule has 2 aromatic carbocycles. The molecule has 5 nitrogen and oxygen atoms in total. The summed E-state index contributed by atoms with van der Waals surface area (Å²) in [6.45, 7) is 0. The zero-order valence-electron chi connectivity index (χ0n) is 17.7. The van der Waals surface area contributed by atoms with E-state index in [1.807, 2.05) is 0 Å². The van der Waals surface area contributed by atoms with E-state index in [1.54, 1.807) is 6.07 Å². The summed E-state index contributed by atoms with van der Waals surface area (Å²) in [6, 6.07) is 7.27. The molecule has 0 spiro atoms. The molecule has 1 atom stereocenters. The number of halogens is 6. The molecule has 0 saturated heterocycles. The van der Waals surface area contributed by atoms with Gasteiger partial charge in [-0.25, -0.2) is 13.1 Å². The zero-order valence-corrected chi connectivity index (χ0v) is 18.5. The van der Waals surface area contributed by atoms with Gasteiger partial charge >= 0.3 is 12.4 Å². The van der Waals surface area contributed by atoms with Crippen LogP contribution >= 0.6 is 0 Å².